The van der Waals surface area contributed by atoms with Crippen LogP contribution in [0.5, 0.6) is 0 Å². The van der Waals surface area contributed by atoms with E-state index in [1.807, 2.05) is 19.1 Å². The lowest BCUT2D eigenvalue weighted by Crippen LogP contribution is -2.33. The largest absolute Gasteiger partial charge is 0.468 e. The molecule has 0 amide bonds. The van der Waals surface area contributed by atoms with E-state index in [1.54, 1.807) is 6.20 Å². The summed E-state index contributed by atoms with van der Waals surface area (Å²) >= 11 is 0. The summed E-state index contributed by atoms with van der Waals surface area (Å²) in [7, 11) is 1.34. The first-order valence-electron chi connectivity index (χ1n) is 5.38. The van der Waals surface area contributed by atoms with Crippen LogP contribution in [-0.4, -0.2) is 29.3 Å². The van der Waals surface area contributed by atoms with Crippen LogP contribution in [0.4, 0.5) is 0 Å². The van der Waals surface area contributed by atoms with Crippen LogP contribution in [0.25, 0.3) is 10.9 Å². The maximum absolute atomic E-state index is 11.2. The molecule has 0 aliphatic carbocycles. The molecule has 1 atom stereocenters. The third kappa shape index (κ3) is 4.02. The number of nitrogens with zero attached hydrogens (tertiary/aromatic N) is 1. The van der Waals surface area contributed by atoms with Crippen molar-refractivity contribution in [3.8, 4) is 0 Å². The maximum Gasteiger partial charge on any atom is 0.322 e. The fraction of sp³-hybridized carbons (Fsp3) is 0.333. The van der Waals surface area contributed by atoms with Gasteiger partial charge in [-0.1, -0.05) is 6.07 Å². The van der Waals surface area contributed by atoms with Crippen LogP contribution in [0.3, 0.4) is 0 Å². The van der Waals surface area contributed by atoms with E-state index in [0.717, 1.165) is 22.0 Å². The maximum atomic E-state index is 11.2. The van der Waals surface area contributed by atoms with Gasteiger partial charge in [0.05, 0.1) is 18.8 Å². The number of halogens is 2. The van der Waals surface area contributed by atoms with E-state index < -0.39 is 12.0 Å². The van der Waals surface area contributed by atoms with E-state index >= 15 is 0 Å². The van der Waals surface area contributed by atoms with Crippen molar-refractivity contribution < 1.29 is 9.53 Å². The second-order valence-electron chi connectivity index (χ2n) is 4.08. The number of nitrogens with two attached hydrogens (primary N) is 1. The first-order valence-corrected chi connectivity index (χ1v) is 5.38. The number of H-pyrrole nitrogens is 1. The highest BCUT2D eigenvalue weighted by molar-refractivity contribution is 8.93. The zero-order chi connectivity index (χ0) is 12.4. The van der Waals surface area contributed by atoms with Crippen LogP contribution in [0.2, 0.25) is 0 Å². The van der Waals surface area contributed by atoms with Crippen molar-refractivity contribution in [2.24, 2.45) is 5.73 Å². The van der Waals surface area contributed by atoms with E-state index in [9.17, 15) is 4.79 Å². The average molecular weight is 395 g/mol. The summed E-state index contributed by atoms with van der Waals surface area (Å²) in [6, 6.07) is 3.36. The molecule has 7 heteroatoms. The van der Waals surface area contributed by atoms with Crippen molar-refractivity contribution in [3.05, 3.63) is 29.5 Å². The standard InChI is InChI=1S/C12H15N3O2.2BrH/c1-7-3-8(5-10(13)12(16)17-2)4-9-6-14-15-11(7)9;;/h3-4,6,10H,5,13H2,1-2H3,(H,14,15);2*1H/t10-;;/m1../s1. The Morgan fingerprint density at radius 3 is 2.79 bits per heavy atom. The third-order valence-corrected chi connectivity index (χ3v) is 2.77. The SMILES string of the molecule is Br.Br.COC(=O)[C@H](N)Cc1cc(C)c2[nH]ncc2c1. The first kappa shape index (κ1) is 18.1. The van der Waals surface area contributed by atoms with E-state index in [0.29, 0.717) is 6.42 Å². The molecule has 2 aromatic rings. The number of carbonyl (C=O) groups excluding carboxylic acids is 1. The minimum atomic E-state index is -0.622. The Labute approximate surface area is 132 Å². The molecule has 1 heterocycles. The lowest BCUT2D eigenvalue weighted by atomic mass is 10.0. The van der Waals surface area contributed by atoms with Crippen LogP contribution in [-0.2, 0) is 16.0 Å². The van der Waals surface area contributed by atoms with Gasteiger partial charge in [0.1, 0.15) is 6.04 Å². The molecule has 19 heavy (non-hydrogen) atoms. The van der Waals surface area contributed by atoms with E-state index in [4.69, 9.17) is 5.73 Å². The lowest BCUT2D eigenvalue weighted by Gasteiger charge is -2.10. The zero-order valence-corrected chi connectivity index (χ0v) is 14.1. The molecule has 0 fully saturated rings. The fourth-order valence-electron chi connectivity index (χ4n) is 1.92. The molecule has 1 aromatic carbocycles. The second kappa shape index (κ2) is 7.62. The van der Waals surface area contributed by atoms with Gasteiger partial charge in [0.2, 0.25) is 0 Å². The summed E-state index contributed by atoms with van der Waals surface area (Å²) in [5, 5.41) is 7.94. The van der Waals surface area contributed by atoms with Gasteiger partial charge in [-0.25, -0.2) is 0 Å². The quantitative estimate of drug-likeness (QED) is 0.780. The van der Waals surface area contributed by atoms with Crippen LogP contribution >= 0.6 is 34.0 Å². The fourth-order valence-corrected chi connectivity index (χ4v) is 1.92. The average Bonchev–Trinajstić information content (AvgIpc) is 2.76. The Morgan fingerprint density at radius 2 is 2.16 bits per heavy atom. The number of carbonyl (C=O) groups is 1. The number of nitrogens with one attached hydrogen (secondary N) is 1. The molecule has 0 saturated heterocycles. The summed E-state index contributed by atoms with van der Waals surface area (Å²) in [6.45, 7) is 1.99. The van der Waals surface area contributed by atoms with Gasteiger partial charge in [0, 0.05) is 5.39 Å². The Morgan fingerprint density at radius 1 is 1.47 bits per heavy atom. The molecule has 2 rings (SSSR count). The predicted octanol–water partition coefficient (Wildman–Crippen LogP) is 2.07. The predicted molar refractivity (Wildman–Crippen MR) is 85.2 cm³/mol. The van der Waals surface area contributed by atoms with Gasteiger partial charge >= 0.3 is 5.97 Å². The highest BCUT2D eigenvalue weighted by atomic mass is 79.9. The van der Waals surface area contributed by atoms with Crippen molar-refractivity contribution in [2.75, 3.05) is 7.11 Å². The molecule has 106 valence electrons. The molecular weight excluding hydrogens is 378 g/mol. The third-order valence-electron chi connectivity index (χ3n) is 2.77. The summed E-state index contributed by atoms with van der Waals surface area (Å²) in [4.78, 5) is 11.2. The smallest absolute Gasteiger partial charge is 0.322 e. The monoisotopic (exact) mass is 393 g/mol. The van der Waals surface area contributed by atoms with E-state index in [1.165, 1.54) is 7.11 Å². The van der Waals surface area contributed by atoms with Crippen molar-refractivity contribution in [1.82, 2.24) is 10.2 Å². The number of benzene rings is 1. The molecule has 0 spiro atoms. The topological polar surface area (TPSA) is 81.0 Å². The molecule has 0 unspecified atom stereocenters. The Balaban J connectivity index is 0.00000162. The molecule has 0 bridgehead atoms. The highest BCUT2D eigenvalue weighted by Gasteiger charge is 2.15. The van der Waals surface area contributed by atoms with Gasteiger partial charge in [-0.3, -0.25) is 9.89 Å². The first-order chi connectivity index (χ1) is 8.11. The Bertz CT molecular complexity index is 557. The molecule has 0 saturated carbocycles. The number of fused-ring (bicyclic) bond motifs is 1. The minimum Gasteiger partial charge on any atom is -0.468 e. The number of hydrogen-bond donors (Lipinski definition) is 2. The van der Waals surface area contributed by atoms with Gasteiger partial charge < -0.3 is 10.5 Å². The van der Waals surface area contributed by atoms with Crippen LogP contribution in [0.15, 0.2) is 18.3 Å². The van der Waals surface area contributed by atoms with Gasteiger partial charge in [-0.05, 0) is 30.5 Å². The van der Waals surface area contributed by atoms with Crippen molar-refractivity contribution in [1.29, 1.82) is 0 Å². The molecule has 0 aliphatic rings. The Kier molecular flexibility index (Phi) is 7.25. The van der Waals surface area contributed by atoms with E-state index in [2.05, 4.69) is 14.9 Å². The van der Waals surface area contributed by atoms with E-state index in [-0.39, 0.29) is 34.0 Å². The molecule has 0 radical (unpaired) electrons. The van der Waals surface area contributed by atoms with Crippen LogP contribution in [0.1, 0.15) is 11.1 Å². The summed E-state index contributed by atoms with van der Waals surface area (Å²) in [6.07, 6.45) is 2.23. The zero-order valence-electron chi connectivity index (χ0n) is 10.7. The number of rotatable bonds is 3. The summed E-state index contributed by atoms with van der Waals surface area (Å²) < 4.78 is 4.60. The van der Waals surface area contributed by atoms with Crippen LogP contribution in [0, 0.1) is 6.92 Å². The van der Waals surface area contributed by atoms with Gasteiger partial charge in [0.25, 0.3) is 0 Å². The number of methoxy groups -OCH3 is 1. The van der Waals surface area contributed by atoms with Crippen molar-refractivity contribution in [3.63, 3.8) is 0 Å². The van der Waals surface area contributed by atoms with Crippen molar-refractivity contribution >= 4 is 50.8 Å². The molecular formula is C12H17Br2N3O2. The van der Waals surface area contributed by atoms with Crippen molar-refractivity contribution in [2.45, 2.75) is 19.4 Å². The number of aromatic amines is 1. The molecule has 5 nitrogen and oxygen atoms in total. The van der Waals surface area contributed by atoms with Gasteiger partial charge in [-0.15, -0.1) is 34.0 Å². The summed E-state index contributed by atoms with van der Waals surface area (Å²) in [5.74, 6) is -0.394. The molecule has 0 aliphatic heterocycles. The second-order valence-corrected chi connectivity index (χ2v) is 4.08. The van der Waals surface area contributed by atoms with Gasteiger partial charge in [0.15, 0.2) is 0 Å². The molecule has 3 N–H and O–H groups in total. The number of aryl methyl sites for hydroxylation is 1. The highest BCUT2D eigenvalue weighted by Crippen LogP contribution is 2.18. The van der Waals surface area contributed by atoms with Crippen LogP contribution < -0.4 is 5.73 Å². The minimum absolute atomic E-state index is 0. The number of hydrogen-bond acceptors (Lipinski definition) is 4. The number of ether oxygens (including phenoxy) is 1. The number of esters is 1. The summed E-state index contributed by atoms with van der Waals surface area (Å²) in [5.41, 5.74) is 8.84. The Hall–Kier alpha value is -0.920. The lowest BCUT2D eigenvalue weighted by molar-refractivity contribution is -0.142. The normalized spacial score (nSPS) is 11.3. The molecule has 1 aromatic heterocycles. The van der Waals surface area contributed by atoms with Gasteiger partial charge in [-0.2, -0.15) is 5.10 Å². The number of aromatic nitrogens is 2.